The summed E-state index contributed by atoms with van der Waals surface area (Å²) in [5.74, 6) is -1.31. The molecule has 1 aliphatic carbocycles. The Balaban J connectivity index is 2.77. The molecule has 63 heavy (non-hydrogen) atoms. The molecule has 0 bridgehead atoms. The highest BCUT2D eigenvalue weighted by atomic mass is 31.2. The second-order valence-corrected chi connectivity index (χ2v) is 19.8. The van der Waals surface area contributed by atoms with Crippen molar-refractivity contribution in [3.05, 3.63) is 24.3 Å². The van der Waals surface area contributed by atoms with Gasteiger partial charge in [-0.2, -0.15) is 0 Å². The van der Waals surface area contributed by atoms with Crippen LogP contribution in [0.25, 0.3) is 0 Å². The fraction of sp³-hybridized carbons (Fsp3) is 0.854. The van der Waals surface area contributed by atoms with E-state index in [2.05, 4.69) is 47.2 Å². The summed E-state index contributed by atoms with van der Waals surface area (Å²) in [7, 11) is -16.6. The summed E-state index contributed by atoms with van der Waals surface area (Å²) in [5.41, 5.74) is 0. The lowest BCUT2D eigenvalue weighted by atomic mass is 9.85. The van der Waals surface area contributed by atoms with Gasteiger partial charge in [0.05, 0.1) is 6.61 Å². The first-order valence-electron chi connectivity index (χ1n) is 22.6. The number of phosphoric ester groups is 3. The lowest BCUT2D eigenvalue weighted by Gasteiger charge is -2.44. The van der Waals surface area contributed by atoms with Crippen molar-refractivity contribution in [2.75, 3.05) is 13.2 Å². The van der Waals surface area contributed by atoms with Crippen molar-refractivity contribution in [2.24, 2.45) is 0 Å². The van der Waals surface area contributed by atoms with Crippen LogP contribution in [0.5, 0.6) is 0 Å². The van der Waals surface area contributed by atoms with Crippen molar-refractivity contribution in [1.29, 1.82) is 0 Å². The Morgan fingerprint density at radius 1 is 0.508 bits per heavy atom. The van der Waals surface area contributed by atoms with Crippen molar-refractivity contribution < 1.29 is 90.6 Å². The third-order valence-corrected chi connectivity index (χ3v) is 12.3. The fourth-order valence-electron chi connectivity index (χ4n) is 6.86. The standard InChI is InChI=1S/C41H77O19P3/c1-3-5-7-9-11-13-15-17-19-21-23-25-27-29-34(42)55-31-33(57-35(43)30-28-26-24-22-20-18-16-14-12-10-8-6-4-2)32-56-63(53,54)60-39-36(44)37(45)40(58-61(47,48)49)41(38(39)46)59-62(50,51)52/h7,9,13,15,33,36-41,44-46H,3-6,8,10-12,14,16-32H2,1-2H3,(H,53,54)(H2,47,48,49)(H2,50,51,52). The molecule has 19 nitrogen and oxygen atoms in total. The number of carbonyl (C=O) groups is 2. The average Bonchev–Trinajstić information content (AvgIpc) is 3.20. The van der Waals surface area contributed by atoms with Crippen LogP contribution in [-0.4, -0.2) is 108 Å². The van der Waals surface area contributed by atoms with Gasteiger partial charge < -0.3 is 49.3 Å². The van der Waals surface area contributed by atoms with E-state index < -0.39 is 91.3 Å². The van der Waals surface area contributed by atoms with Crippen LogP contribution in [0.4, 0.5) is 0 Å². The van der Waals surface area contributed by atoms with Crippen molar-refractivity contribution in [3.8, 4) is 0 Å². The molecule has 22 heteroatoms. The largest absolute Gasteiger partial charge is 0.472 e. The Hall–Kier alpha value is -1.37. The fourth-order valence-corrected chi connectivity index (χ4v) is 8.95. The summed E-state index contributed by atoms with van der Waals surface area (Å²) in [6.45, 7) is 2.85. The predicted octanol–water partition coefficient (Wildman–Crippen LogP) is 7.51. The molecule has 0 radical (unpaired) electrons. The summed E-state index contributed by atoms with van der Waals surface area (Å²) < 4.78 is 65.3. The minimum absolute atomic E-state index is 0.00154. The second-order valence-electron chi connectivity index (χ2n) is 16.0. The molecule has 8 N–H and O–H groups in total. The number of aliphatic hydroxyl groups excluding tert-OH is 3. The van der Waals surface area contributed by atoms with E-state index in [0.29, 0.717) is 12.8 Å². The number of carbonyl (C=O) groups excluding carboxylic acids is 2. The Morgan fingerprint density at radius 3 is 1.46 bits per heavy atom. The number of phosphoric acid groups is 3. The van der Waals surface area contributed by atoms with E-state index in [9.17, 15) is 63.1 Å². The quantitative estimate of drug-likeness (QED) is 0.0128. The summed E-state index contributed by atoms with van der Waals surface area (Å²) >= 11 is 0. The maximum atomic E-state index is 13.1. The first-order valence-corrected chi connectivity index (χ1v) is 27.2. The van der Waals surface area contributed by atoms with Gasteiger partial charge in [-0.3, -0.25) is 27.7 Å². The molecule has 0 aromatic rings. The molecule has 8 atom stereocenters. The van der Waals surface area contributed by atoms with Crippen molar-refractivity contribution in [2.45, 2.75) is 211 Å². The van der Waals surface area contributed by atoms with Gasteiger partial charge in [-0.15, -0.1) is 0 Å². The Bertz CT molecular complexity index is 1440. The van der Waals surface area contributed by atoms with E-state index in [0.717, 1.165) is 83.5 Å². The van der Waals surface area contributed by atoms with Gasteiger partial charge in [0.15, 0.2) is 6.10 Å². The van der Waals surface area contributed by atoms with E-state index in [1.54, 1.807) is 0 Å². The summed E-state index contributed by atoms with van der Waals surface area (Å²) in [6, 6.07) is 0. The zero-order valence-electron chi connectivity index (χ0n) is 37.1. The lowest BCUT2D eigenvalue weighted by Crippen LogP contribution is -2.65. The molecule has 0 amide bonds. The smallest absolute Gasteiger partial charge is 0.462 e. The van der Waals surface area contributed by atoms with Crippen LogP contribution in [0.15, 0.2) is 24.3 Å². The highest BCUT2D eigenvalue weighted by molar-refractivity contribution is 7.47. The van der Waals surface area contributed by atoms with Crippen LogP contribution in [0.3, 0.4) is 0 Å². The van der Waals surface area contributed by atoms with Crippen molar-refractivity contribution in [1.82, 2.24) is 0 Å². The van der Waals surface area contributed by atoms with Crippen LogP contribution >= 0.6 is 23.5 Å². The SMILES string of the molecule is CCCC=CCC=CCCCCCCCC(=O)OCC(COP(=O)(O)OC1C(O)C(O)C(OP(=O)(O)O)C(OP(=O)(O)O)C1O)OC(=O)CCCCCCCCCCCCCCC. The van der Waals surface area contributed by atoms with Crippen LogP contribution < -0.4 is 0 Å². The van der Waals surface area contributed by atoms with Crippen LogP contribution in [0, 0.1) is 0 Å². The maximum absolute atomic E-state index is 13.1. The second kappa shape index (κ2) is 34.0. The first-order chi connectivity index (χ1) is 29.8. The van der Waals surface area contributed by atoms with Crippen molar-refractivity contribution in [3.63, 3.8) is 0 Å². The van der Waals surface area contributed by atoms with Gasteiger partial charge in [0, 0.05) is 12.8 Å². The zero-order chi connectivity index (χ0) is 47.2. The van der Waals surface area contributed by atoms with Gasteiger partial charge in [0.2, 0.25) is 0 Å². The molecule has 1 rings (SSSR count). The summed E-state index contributed by atoms with van der Waals surface area (Å²) in [6.07, 6.45) is 15.0. The van der Waals surface area contributed by atoms with Gasteiger partial charge in [0.1, 0.15) is 43.2 Å². The van der Waals surface area contributed by atoms with Crippen molar-refractivity contribution >= 4 is 35.4 Å². The van der Waals surface area contributed by atoms with Gasteiger partial charge >= 0.3 is 35.4 Å². The van der Waals surface area contributed by atoms with E-state index in [1.165, 1.54) is 44.9 Å². The van der Waals surface area contributed by atoms with E-state index in [1.807, 2.05) is 0 Å². The number of hydrogen-bond acceptors (Lipinski definition) is 14. The molecule has 1 fully saturated rings. The number of hydrogen-bond donors (Lipinski definition) is 8. The van der Waals surface area contributed by atoms with Crippen LogP contribution in [0.2, 0.25) is 0 Å². The molecular formula is C41H77O19P3. The number of rotatable bonds is 38. The summed E-state index contributed by atoms with van der Waals surface area (Å²) in [5, 5.41) is 31.8. The maximum Gasteiger partial charge on any atom is 0.472 e. The Labute approximate surface area is 373 Å². The molecule has 0 aliphatic heterocycles. The Morgan fingerprint density at radius 2 is 0.952 bits per heavy atom. The third-order valence-electron chi connectivity index (χ3n) is 10.2. The van der Waals surface area contributed by atoms with E-state index >= 15 is 0 Å². The molecule has 370 valence electrons. The highest BCUT2D eigenvalue weighted by Gasteiger charge is 2.56. The number of aliphatic hydroxyl groups is 3. The van der Waals surface area contributed by atoms with E-state index in [4.69, 9.17) is 18.5 Å². The van der Waals surface area contributed by atoms with Gasteiger partial charge in [0.25, 0.3) is 0 Å². The first kappa shape index (κ1) is 59.6. The molecule has 1 saturated carbocycles. The number of unbranched alkanes of at least 4 members (excludes halogenated alkanes) is 18. The number of esters is 2. The normalized spacial score (nSPS) is 22.4. The number of ether oxygens (including phenoxy) is 2. The van der Waals surface area contributed by atoms with Gasteiger partial charge in [-0.1, -0.05) is 141 Å². The monoisotopic (exact) mass is 966 g/mol. The molecule has 0 saturated heterocycles. The van der Waals surface area contributed by atoms with Crippen LogP contribution in [-0.2, 0) is 50.9 Å². The van der Waals surface area contributed by atoms with Crippen LogP contribution in [0.1, 0.15) is 168 Å². The molecular weight excluding hydrogens is 889 g/mol. The summed E-state index contributed by atoms with van der Waals surface area (Å²) in [4.78, 5) is 73.0. The topological polar surface area (TPSA) is 303 Å². The molecule has 0 heterocycles. The predicted molar refractivity (Wildman–Crippen MR) is 234 cm³/mol. The lowest BCUT2D eigenvalue weighted by molar-refractivity contribution is -0.213. The molecule has 1 aliphatic rings. The zero-order valence-corrected chi connectivity index (χ0v) is 39.8. The minimum atomic E-state index is -5.60. The molecule has 8 unspecified atom stereocenters. The van der Waals surface area contributed by atoms with E-state index in [-0.39, 0.29) is 12.8 Å². The average molecular weight is 967 g/mol. The number of allylic oxidation sites excluding steroid dienone is 4. The molecule has 0 aromatic heterocycles. The highest BCUT2D eigenvalue weighted by Crippen LogP contribution is 2.51. The van der Waals surface area contributed by atoms with Gasteiger partial charge in [-0.25, -0.2) is 13.7 Å². The molecule has 0 spiro atoms. The third kappa shape index (κ3) is 30.5. The molecule has 0 aromatic carbocycles. The minimum Gasteiger partial charge on any atom is -0.462 e. The Kier molecular flexibility index (Phi) is 32.2. The van der Waals surface area contributed by atoms with Gasteiger partial charge in [-0.05, 0) is 38.5 Å².